The van der Waals surface area contributed by atoms with E-state index in [0.717, 1.165) is 0 Å². The number of ether oxygens (including phenoxy) is 1. The first-order valence-corrected chi connectivity index (χ1v) is 8.58. The van der Waals surface area contributed by atoms with Gasteiger partial charge in [-0.15, -0.1) is 0 Å². The summed E-state index contributed by atoms with van der Waals surface area (Å²) < 4.78 is 20.2. The molecule has 2 heterocycles. The number of hydrogen-bond donors (Lipinski definition) is 0. The Hall–Kier alpha value is -3.09. The van der Waals surface area contributed by atoms with E-state index in [2.05, 4.69) is 35.8 Å². The van der Waals surface area contributed by atoms with Crippen LogP contribution in [0, 0.1) is 11.2 Å². The number of benzene rings is 1. The second kappa shape index (κ2) is 7.65. The maximum atomic E-state index is 13.4. The molecule has 0 aliphatic heterocycles. The smallest absolute Gasteiger partial charge is 0.316 e. The highest BCUT2D eigenvalue weighted by Crippen LogP contribution is 2.17. The van der Waals surface area contributed by atoms with Crippen molar-refractivity contribution in [2.75, 3.05) is 6.61 Å². The molecule has 0 spiro atoms. The van der Waals surface area contributed by atoms with E-state index in [1.54, 1.807) is 30.6 Å². The van der Waals surface area contributed by atoms with Crippen LogP contribution < -0.4 is 10.3 Å². The molecule has 3 aromatic rings. The van der Waals surface area contributed by atoms with Gasteiger partial charge in [-0.3, -0.25) is 4.79 Å². The van der Waals surface area contributed by atoms with E-state index < -0.39 is 0 Å². The monoisotopic (exact) mass is 368 g/mol. The van der Waals surface area contributed by atoms with Gasteiger partial charge < -0.3 is 4.74 Å². The van der Waals surface area contributed by atoms with E-state index in [4.69, 9.17) is 4.74 Å². The lowest BCUT2D eigenvalue weighted by molar-refractivity contribution is 0.184. The molecule has 0 amide bonds. The van der Waals surface area contributed by atoms with Gasteiger partial charge in [-0.25, -0.2) is 19.0 Å². The van der Waals surface area contributed by atoms with Crippen LogP contribution >= 0.6 is 0 Å². The topological polar surface area (TPSA) is 69.9 Å². The van der Waals surface area contributed by atoms with Crippen molar-refractivity contribution in [1.82, 2.24) is 19.7 Å². The van der Waals surface area contributed by atoms with Crippen LogP contribution in [0.15, 0.2) is 53.6 Å². The second-order valence-electron chi connectivity index (χ2n) is 7.45. The molecule has 3 rings (SSSR count). The van der Waals surface area contributed by atoms with Gasteiger partial charge in [-0.1, -0.05) is 32.9 Å². The second-order valence-corrected chi connectivity index (χ2v) is 7.45. The molecule has 7 heteroatoms. The van der Waals surface area contributed by atoms with Crippen LogP contribution in [0.25, 0.3) is 11.3 Å². The molecule has 0 aliphatic rings. The van der Waals surface area contributed by atoms with Crippen LogP contribution in [0.3, 0.4) is 0 Å². The number of hydrogen-bond acceptors (Lipinski definition) is 5. The molecule has 0 saturated heterocycles. The van der Waals surface area contributed by atoms with Gasteiger partial charge in [0.25, 0.3) is 5.56 Å². The summed E-state index contributed by atoms with van der Waals surface area (Å²) in [6, 6.07) is 9.41. The summed E-state index contributed by atoms with van der Waals surface area (Å²) in [4.78, 5) is 20.5. The summed E-state index contributed by atoms with van der Waals surface area (Å²) in [6.45, 7) is 6.87. The van der Waals surface area contributed by atoms with Crippen molar-refractivity contribution in [3.05, 3.63) is 70.5 Å². The van der Waals surface area contributed by atoms with Gasteiger partial charge in [0, 0.05) is 24.0 Å². The first-order valence-electron chi connectivity index (χ1n) is 8.58. The van der Waals surface area contributed by atoms with Gasteiger partial charge in [-0.2, -0.15) is 5.10 Å². The van der Waals surface area contributed by atoms with Crippen molar-refractivity contribution >= 4 is 0 Å². The van der Waals surface area contributed by atoms with Crippen molar-refractivity contribution in [2.24, 2.45) is 5.41 Å². The van der Waals surface area contributed by atoms with E-state index in [-0.39, 0.29) is 23.3 Å². The third-order valence-electron chi connectivity index (χ3n) is 3.65. The zero-order valence-corrected chi connectivity index (χ0v) is 15.5. The molecule has 0 bridgehead atoms. The maximum absolute atomic E-state index is 13.4. The molecule has 0 aliphatic carbocycles. The van der Waals surface area contributed by atoms with Crippen LogP contribution in [0.1, 0.15) is 26.3 Å². The minimum atomic E-state index is -0.351. The van der Waals surface area contributed by atoms with Gasteiger partial charge in [0.2, 0.25) is 0 Å². The van der Waals surface area contributed by atoms with E-state index in [0.29, 0.717) is 29.4 Å². The Balaban J connectivity index is 1.80. The molecule has 2 aromatic heterocycles. The van der Waals surface area contributed by atoms with E-state index in [1.165, 1.54) is 22.9 Å². The third-order valence-corrected chi connectivity index (χ3v) is 3.65. The first kappa shape index (κ1) is 18.7. The quantitative estimate of drug-likeness (QED) is 0.691. The first-order chi connectivity index (χ1) is 12.8. The normalized spacial score (nSPS) is 11.4. The molecule has 0 N–H and O–H groups in total. The zero-order chi connectivity index (χ0) is 19.4. The van der Waals surface area contributed by atoms with Crippen molar-refractivity contribution in [2.45, 2.75) is 27.3 Å². The largest absolute Gasteiger partial charge is 0.463 e. The van der Waals surface area contributed by atoms with E-state index in [9.17, 15) is 9.18 Å². The number of rotatable bonds is 5. The summed E-state index contributed by atoms with van der Waals surface area (Å²) in [7, 11) is 0. The molecule has 0 radical (unpaired) electrons. The minimum absolute atomic E-state index is 0.00992. The Labute approximate surface area is 156 Å². The van der Waals surface area contributed by atoms with Gasteiger partial charge in [0.1, 0.15) is 5.82 Å². The maximum Gasteiger partial charge on any atom is 0.316 e. The molecule has 0 atom stereocenters. The minimum Gasteiger partial charge on any atom is -0.463 e. The average Bonchev–Trinajstić information content (AvgIpc) is 2.62. The van der Waals surface area contributed by atoms with Crippen LogP contribution in [-0.4, -0.2) is 26.4 Å². The highest BCUT2D eigenvalue weighted by Gasteiger charge is 2.12. The Bertz CT molecular complexity index is 978. The van der Waals surface area contributed by atoms with Gasteiger partial charge >= 0.3 is 6.01 Å². The number of halogens is 1. The number of aromatic nitrogens is 4. The predicted molar refractivity (Wildman–Crippen MR) is 100.0 cm³/mol. The summed E-state index contributed by atoms with van der Waals surface area (Å²) in [5, 5.41) is 4.34. The Morgan fingerprint density at radius 2 is 1.85 bits per heavy atom. The fraction of sp³-hybridized carbons (Fsp3) is 0.300. The molecule has 0 fully saturated rings. The van der Waals surface area contributed by atoms with Crippen molar-refractivity contribution in [3.63, 3.8) is 0 Å². The highest BCUT2D eigenvalue weighted by molar-refractivity contribution is 5.55. The fourth-order valence-electron chi connectivity index (χ4n) is 2.33. The molecule has 0 saturated carbocycles. The molecule has 0 unspecified atom stereocenters. The molecular weight excluding hydrogens is 347 g/mol. The lowest BCUT2D eigenvalue weighted by Crippen LogP contribution is -2.23. The fourth-order valence-corrected chi connectivity index (χ4v) is 2.33. The summed E-state index contributed by atoms with van der Waals surface area (Å²) >= 11 is 0. The van der Waals surface area contributed by atoms with Crippen molar-refractivity contribution < 1.29 is 9.13 Å². The molecule has 1 aromatic carbocycles. The number of nitrogens with zero attached hydrogens (tertiary/aromatic N) is 4. The van der Waals surface area contributed by atoms with Crippen LogP contribution in [0.5, 0.6) is 6.01 Å². The highest BCUT2D eigenvalue weighted by atomic mass is 19.1. The predicted octanol–water partition coefficient (Wildman–Crippen LogP) is 3.31. The Kier molecular flexibility index (Phi) is 5.30. The van der Waals surface area contributed by atoms with Gasteiger partial charge in [0.15, 0.2) is 0 Å². The molecule has 27 heavy (non-hydrogen) atoms. The summed E-state index contributed by atoms with van der Waals surface area (Å²) in [5.74, 6) is -0.351. The summed E-state index contributed by atoms with van der Waals surface area (Å²) in [5.41, 5.74) is 1.60. The lowest BCUT2D eigenvalue weighted by Gasteiger charge is -2.17. The summed E-state index contributed by atoms with van der Waals surface area (Å²) in [6.07, 6.45) is 3.20. The van der Waals surface area contributed by atoms with Gasteiger partial charge in [0.05, 0.1) is 18.8 Å². The Morgan fingerprint density at radius 3 is 2.52 bits per heavy atom. The molecule has 6 nitrogen and oxygen atoms in total. The standard InChI is InChI=1S/C20H21FN4O2/c1-20(2,3)13-27-19-22-10-15(11-23-19)17-7-8-18(26)25(24-17)12-14-5-4-6-16(21)9-14/h4-11H,12-13H2,1-3H3. The lowest BCUT2D eigenvalue weighted by atomic mass is 9.99. The molecular formula is C20H21FN4O2. The zero-order valence-electron chi connectivity index (χ0n) is 15.5. The van der Waals surface area contributed by atoms with Gasteiger partial charge in [-0.05, 0) is 29.2 Å². The van der Waals surface area contributed by atoms with E-state index in [1.807, 2.05) is 0 Å². The van der Waals surface area contributed by atoms with Crippen LogP contribution in [0.2, 0.25) is 0 Å². The molecule has 140 valence electrons. The Morgan fingerprint density at radius 1 is 1.11 bits per heavy atom. The van der Waals surface area contributed by atoms with Crippen LogP contribution in [-0.2, 0) is 6.54 Å². The van der Waals surface area contributed by atoms with E-state index >= 15 is 0 Å². The van der Waals surface area contributed by atoms with Crippen molar-refractivity contribution in [3.8, 4) is 17.3 Å². The SMILES string of the molecule is CC(C)(C)COc1ncc(-c2ccc(=O)n(Cc3cccc(F)c3)n2)cn1. The third kappa shape index (κ3) is 5.20. The average molecular weight is 368 g/mol. The van der Waals surface area contributed by atoms with Crippen LogP contribution in [0.4, 0.5) is 4.39 Å². The van der Waals surface area contributed by atoms with Crippen molar-refractivity contribution in [1.29, 1.82) is 0 Å².